The molecule has 122 valence electrons. The first-order valence-electron chi connectivity index (χ1n) is 6.40. The summed E-state index contributed by atoms with van der Waals surface area (Å²) in [5, 5.41) is 9.19. The monoisotopic (exact) mass is 407 g/mol. The second-order valence-corrected chi connectivity index (χ2v) is 6.35. The number of nitrogens with zero attached hydrogens (tertiary/aromatic N) is 2. The smallest absolute Gasteiger partial charge is 0.332 e. The van der Waals surface area contributed by atoms with Crippen molar-refractivity contribution in [2.45, 2.75) is 0 Å². The van der Waals surface area contributed by atoms with Gasteiger partial charge in [0.05, 0.1) is 12.8 Å². The van der Waals surface area contributed by atoms with Gasteiger partial charge in [-0.25, -0.2) is 4.79 Å². The average Bonchev–Trinajstić information content (AvgIpc) is 2.85. The molecule has 24 heavy (non-hydrogen) atoms. The first kappa shape index (κ1) is 17.7. The molecular formula is C15H10BrN3O4S. The lowest BCUT2D eigenvalue weighted by Gasteiger charge is -2.02. The van der Waals surface area contributed by atoms with Crippen molar-refractivity contribution >= 4 is 50.8 Å². The normalized spacial score (nSPS) is 12.5. The Morgan fingerprint density at radius 2 is 2.00 bits per heavy atom. The first-order valence-corrected chi connectivity index (χ1v) is 8.01. The summed E-state index contributed by atoms with van der Waals surface area (Å²) >= 11 is 4.10. The zero-order chi connectivity index (χ0) is 17.9. The highest BCUT2D eigenvalue weighted by Gasteiger charge is 2.15. The number of hydrogen-bond acceptors (Lipinski definition) is 6. The van der Waals surface area contributed by atoms with Crippen molar-refractivity contribution in [3.8, 4) is 11.8 Å². The fourth-order valence-corrected chi connectivity index (χ4v) is 3.18. The molecule has 1 aromatic heterocycles. The summed E-state index contributed by atoms with van der Waals surface area (Å²) in [7, 11) is 1.18. The molecule has 0 radical (unpaired) electrons. The minimum atomic E-state index is -0.964. The first-order chi connectivity index (χ1) is 11.4. The van der Waals surface area contributed by atoms with Crippen LogP contribution >= 0.6 is 27.3 Å². The Balaban J connectivity index is 2.97. The van der Waals surface area contributed by atoms with Gasteiger partial charge in [0, 0.05) is 10.5 Å². The maximum absolute atomic E-state index is 12.6. The number of amides is 1. The van der Waals surface area contributed by atoms with Gasteiger partial charge >= 0.3 is 5.97 Å². The number of aromatic nitrogens is 1. The van der Waals surface area contributed by atoms with E-state index in [1.807, 2.05) is 0 Å². The molecule has 7 nitrogen and oxygen atoms in total. The number of halogens is 1. The number of hydrogen-bond donors (Lipinski definition) is 1. The number of rotatable bonds is 3. The standard InChI is InChI=1S/C15H10BrN3O4S/c1-23-12(20)6-11-14(22)19(9-4-2-8(16)3-5-9)15(24-11)10(7-17)13(18)21/h2-6H,1H3,(H2,18,21)/b11-6+,15-10-. The number of ether oxygens (including phenoxy) is 1. The maximum atomic E-state index is 12.6. The molecule has 9 heteroatoms. The van der Waals surface area contributed by atoms with Crippen LogP contribution in [0.25, 0.3) is 17.3 Å². The predicted octanol–water partition coefficient (Wildman–Crippen LogP) is -0.225. The van der Waals surface area contributed by atoms with Crippen molar-refractivity contribution < 1.29 is 14.3 Å². The molecule has 0 aliphatic rings. The van der Waals surface area contributed by atoms with Crippen molar-refractivity contribution in [1.82, 2.24) is 4.57 Å². The van der Waals surface area contributed by atoms with E-state index in [0.717, 1.165) is 26.5 Å². The number of nitriles is 1. The zero-order valence-corrected chi connectivity index (χ0v) is 14.7. The third-order valence-electron chi connectivity index (χ3n) is 2.93. The van der Waals surface area contributed by atoms with Gasteiger partial charge in [-0.2, -0.15) is 5.26 Å². The summed E-state index contributed by atoms with van der Waals surface area (Å²) < 4.78 is 6.53. The molecule has 1 aromatic carbocycles. The van der Waals surface area contributed by atoms with Crippen LogP contribution in [0.2, 0.25) is 0 Å². The van der Waals surface area contributed by atoms with Crippen LogP contribution in [0.1, 0.15) is 0 Å². The Labute approximate surface area is 148 Å². The number of carbonyl (C=O) groups excluding carboxylic acids is 2. The van der Waals surface area contributed by atoms with E-state index in [0.29, 0.717) is 5.69 Å². The highest BCUT2D eigenvalue weighted by atomic mass is 79.9. The summed E-state index contributed by atoms with van der Waals surface area (Å²) in [6.45, 7) is 0. The van der Waals surface area contributed by atoms with Crippen molar-refractivity contribution in [2.24, 2.45) is 5.73 Å². The van der Waals surface area contributed by atoms with Crippen molar-refractivity contribution in [1.29, 1.82) is 5.26 Å². The van der Waals surface area contributed by atoms with Crippen LogP contribution < -0.4 is 20.5 Å². The number of primary amides is 1. The second kappa shape index (κ2) is 7.25. The Bertz CT molecular complexity index is 1030. The highest BCUT2D eigenvalue weighted by Crippen LogP contribution is 2.12. The molecule has 0 unspecified atom stereocenters. The Morgan fingerprint density at radius 3 is 2.50 bits per heavy atom. The van der Waals surface area contributed by atoms with Crippen LogP contribution in [0, 0.1) is 11.3 Å². The third-order valence-corrected chi connectivity index (χ3v) is 4.55. The van der Waals surface area contributed by atoms with Gasteiger partial charge in [0.2, 0.25) is 0 Å². The Kier molecular flexibility index (Phi) is 5.33. The minimum absolute atomic E-state index is 0.0220. The number of nitrogens with two attached hydrogens (primary N) is 1. The lowest BCUT2D eigenvalue weighted by atomic mass is 10.3. The molecule has 0 saturated heterocycles. The summed E-state index contributed by atoms with van der Waals surface area (Å²) in [5.74, 6) is -1.69. The Hall–Kier alpha value is -2.70. The zero-order valence-electron chi connectivity index (χ0n) is 12.3. The van der Waals surface area contributed by atoms with Crippen LogP contribution in [0.15, 0.2) is 33.5 Å². The quantitative estimate of drug-likeness (QED) is 0.705. The van der Waals surface area contributed by atoms with Gasteiger partial charge < -0.3 is 10.5 Å². The number of thiazole rings is 1. The van der Waals surface area contributed by atoms with Crippen LogP contribution in [-0.4, -0.2) is 23.6 Å². The molecule has 2 aromatic rings. The average molecular weight is 408 g/mol. The highest BCUT2D eigenvalue weighted by molar-refractivity contribution is 9.10. The topological polar surface area (TPSA) is 115 Å². The van der Waals surface area contributed by atoms with Crippen LogP contribution in [-0.2, 0) is 14.3 Å². The van der Waals surface area contributed by atoms with Crippen LogP contribution in [0.4, 0.5) is 0 Å². The lowest BCUT2D eigenvalue weighted by molar-refractivity contribution is -0.133. The van der Waals surface area contributed by atoms with E-state index in [9.17, 15) is 19.6 Å². The lowest BCUT2D eigenvalue weighted by Crippen LogP contribution is -2.32. The maximum Gasteiger partial charge on any atom is 0.332 e. The Morgan fingerprint density at radius 1 is 1.38 bits per heavy atom. The van der Waals surface area contributed by atoms with Gasteiger partial charge in [-0.3, -0.25) is 14.2 Å². The van der Waals surface area contributed by atoms with Crippen LogP contribution in [0.5, 0.6) is 0 Å². The molecule has 0 bridgehead atoms. The minimum Gasteiger partial charge on any atom is -0.466 e. The number of methoxy groups -OCH3 is 1. The van der Waals surface area contributed by atoms with Gasteiger partial charge in [-0.1, -0.05) is 15.9 Å². The van der Waals surface area contributed by atoms with E-state index >= 15 is 0 Å². The van der Waals surface area contributed by atoms with E-state index in [-0.39, 0.29) is 14.8 Å². The van der Waals surface area contributed by atoms with Crippen molar-refractivity contribution in [3.05, 3.63) is 48.3 Å². The van der Waals surface area contributed by atoms with E-state index in [1.54, 1.807) is 30.3 Å². The van der Waals surface area contributed by atoms with Gasteiger partial charge in [-0.15, -0.1) is 11.3 Å². The third kappa shape index (κ3) is 3.45. The van der Waals surface area contributed by atoms with Crippen molar-refractivity contribution in [3.63, 3.8) is 0 Å². The molecule has 0 spiro atoms. The molecule has 0 atom stereocenters. The van der Waals surface area contributed by atoms with Gasteiger partial charge in [0.15, 0.2) is 5.57 Å². The molecule has 1 heterocycles. The largest absolute Gasteiger partial charge is 0.466 e. The molecular weight excluding hydrogens is 398 g/mol. The molecule has 1 amide bonds. The van der Waals surface area contributed by atoms with E-state index in [4.69, 9.17) is 5.73 Å². The second-order valence-electron chi connectivity index (χ2n) is 4.41. The van der Waals surface area contributed by atoms with Gasteiger partial charge in [0.25, 0.3) is 11.5 Å². The van der Waals surface area contributed by atoms with E-state index in [2.05, 4.69) is 20.7 Å². The number of esters is 1. The SMILES string of the molecule is COC(=O)/C=c1/s/c(=C(/C#N)C(N)=O)n(-c2ccc(Br)cc2)c1=O. The summed E-state index contributed by atoms with van der Waals surface area (Å²) in [6.07, 6.45) is 1.00. The summed E-state index contributed by atoms with van der Waals surface area (Å²) in [4.78, 5) is 35.5. The molecule has 2 rings (SSSR count). The molecule has 0 aliphatic carbocycles. The van der Waals surface area contributed by atoms with E-state index < -0.39 is 17.4 Å². The molecule has 0 saturated carbocycles. The number of carbonyl (C=O) groups is 2. The van der Waals surface area contributed by atoms with Gasteiger partial charge in [0.1, 0.15) is 15.3 Å². The van der Waals surface area contributed by atoms with Crippen LogP contribution in [0.3, 0.4) is 0 Å². The van der Waals surface area contributed by atoms with Crippen molar-refractivity contribution in [2.75, 3.05) is 7.11 Å². The molecule has 0 fully saturated rings. The molecule has 0 aliphatic heterocycles. The summed E-state index contributed by atoms with van der Waals surface area (Å²) in [6, 6.07) is 8.35. The molecule has 2 N–H and O–H groups in total. The van der Waals surface area contributed by atoms with E-state index in [1.165, 1.54) is 7.11 Å². The number of benzene rings is 1. The van der Waals surface area contributed by atoms with Gasteiger partial charge in [-0.05, 0) is 24.3 Å². The fraction of sp³-hybridized carbons (Fsp3) is 0.0667. The fourth-order valence-electron chi connectivity index (χ4n) is 1.85. The summed E-state index contributed by atoms with van der Waals surface area (Å²) in [5.41, 5.74) is 4.72. The predicted molar refractivity (Wildman–Crippen MR) is 91.6 cm³/mol.